The van der Waals surface area contributed by atoms with Gasteiger partial charge in [0.1, 0.15) is 6.42 Å². The van der Waals surface area contributed by atoms with Crippen LogP contribution in [-0.2, 0) is 10.7 Å². The van der Waals surface area contributed by atoms with Crippen molar-refractivity contribution in [3.05, 3.63) is 23.9 Å². The maximum absolute atomic E-state index is 13.4. The molecule has 0 saturated heterocycles. The van der Waals surface area contributed by atoms with Crippen molar-refractivity contribution in [1.29, 1.82) is 0 Å². The second kappa shape index (κ2) is 4.20. The van der Waals surface area contributed by atoms with E-state index < -0.39 is 23.9 Å². The van der Waals surface area contributed by atoms with Gasteiger partial charge in [0.25, 0.3) is 5.92 Å². The Morgan fingerprint density at radius 2 is 2.33 bits per heavy atom. The topological polar surface area (TPSA) is 59.4 Å². The molecular weight excluding hydrogens is 208 g/mol. The summed E-state index contributed by atoms with van der Waals surface area (Å²) < 4.78 is 31.3. The smallest absolute Gasteiger partial charge is 0.309 e. The Labute approximate surface area is 84.5 Å². The second-order valence-electron chi connectivity index (χ2n) is 2.84. The van der Waals surface area contributed by atoms with E-state index in [1.807, 2.05) is 0 Å². The van der Waals surface area contributed by atoms with Gasteiger partial charge in [0.15, 0.2) is 0 Å². The molecule has 6 heteroatoms. The lowest BCUT2D eigenvalue weighted by Crippen LogP contribution is -2.19. The van der Waals surface area contributed by atoms with Gasteiger partial charge in [-0.1, -0.05) is 0 Å². The highest BCUT2D eigenvalue weighted by molar-refractivity contribution is 5.68. The largest absolute Gasteiger partial charge is 0.481 e. The van der Waals surface area contributed by atoms with Gasteiger partial charge in [0.2, 0.25) is 5.88 Å². The standard InChI is InChI=1S/C9H9F2NO3/c1-15-8-6(3-2-4-12-8)9(10,11)5-7(13)14/h2-4H,5H2,1H3,(H,13,14). The number of hydrogen-bond donors (Lipinski definition) is 1. The van der Waals surface area contributed by atoms with E-state index in [1.54, 1.807) is 0 Å². The van der Waals surface area contributed by atoms with E-state index in [9.17, 15) is 13.6 Å². The number of pyridine rings is 1. The van der Waals surface area contributed by atoms with Crippen molar-refractivity contribution in [2.75, 3.05) is 7.11 Å². The van der Waals surface area contributed by atoms with E-state index in [2.05, 4.69) is 9.72 Å². The van der Waals surface area contributed by atoms with Gasteiger partial charge in [-0.25, -0.2) is 13.8 Å². The van der Waals surface area contributed by atoms with Crippen molar-refractivity contribution in [1.82, 2.24) is 4.98 Å². The molecule has 0 unspecified atom stereocenters. The number of alkyl halides is 2. The molecule has 0 aliphatic carbocycles. The zero-order chi connectivity index (χ0) is 11.5. The molecule has 0 amide bonds. The first-order valence-electron chi connectivity index (χ1n) is 4.06. The predicted molar refractivity (Wildman–Crippen MR) is 46.9 cm³/mol. The summed E-state index contributed by atoms with van der Waals surface area (Å²) in [6, 6.07) is 2.39. The van der Waals surface area contributed by atoms with Gasteiger partial charge >= 0.3 is 5.97 Å². The molecule has 15 heavy (non-hydrogen) atoms. The fourth-order valence-electron chi connectivity index (χ4n) is 1.12. The molecular formula is C9H9F2NO3. The van der Waals surface area contributed by atoms with Gasteiger partial charge in [-0.15, -0.1) is 0 Å². The van der Waals surface area contributed by atoms with Crippen molar-refractivity contribution in [2.24, 2.45) is 0 Å². The first-order valence-corrected chi connectivity index (χ1v) is 4.06. The van der Waals surface area contributed by atoms with Crippen molar-refractivity contribution in [3.63, 3.8) is 0 Å². The molecule has 1 heterocycles. The summed E-state index contributed by atoms with van der Waals surface area (Å²) in [5.41, 5.74) is -0.519. The van der Waals surface area contributed by atoms with Crippen LogP contribution in [0.4, 0.5) is 8.78 Å². The van der Waals surface area contributed by atoms with Gasteiger partial charge in [-0.3, -0.25) is 4.79 Å². The SMILES string of the molecule is COc1ncccc1C(F)(F)CC(=O)O. The molecule has 0 aromatic carbocycles. The molecule has 0 bridgehead atoms. The Morgan fingerprint density at radius 1 is 1.67 bits per heavy atom. The van der Waals surface area contributed by atoms with Gasteiger partial charge in [0, 0.05) is 6.20 Å². The van der Waals surface area contributed by atoms with E-state index in [4.69, 9.17) is 5.11 Å². The van der Waals surface area contributed by atoms with Crippen LogP contribution in [0.15, 0.2) is 18.3 Å². The van der Waals surface area contributed by atoms with E-state index >= 15 is 0 Å². The Morgan fingerprint density at radius 3 is 2.87 bits per heavy atom. The molecule has 1 N–H and O–H groups in total. The average Bonchev–Trinajstić information content (AvgIpc) is 2.16. The van der Waals surface area contributed by atoms with Crippen LogP contribution in [0.5, 0.6) is 5.88 Å². The van der Waals surface area contributed by atoms with E-state index in [-0.39, 0.29) is 5.88 Å². The summed E-state index contributed by atoms with van der Waals surface area (Å²) in [5, 5.41) is 8.33. The van der Waals surface area contributed by atoms with Gasteiger partial charge in [0.05, 0.1) is 12.7 Å². The maximum atomic E-state index is 13.4. The summed E-state index contributed by atoms with van der Waals surface area (Å²) in [6.45, 7) is 0. The summed E-state index contributed by atoms with van der Waals surface area (Å²) in [7, 11) is 1.20. The van der Waals surface area contributed by atoms with Crippen LogP contribution in [0.3, 0.4) is 0 Å². The minimum atomic E-state index is -3.48. The number of ether oxygens (including phenoxy) is 1. The van der Waals surface area contributed by atoms with Crippen LogP contribution in [0, 0.1) is 0 Å². The quantitative estimate of drug-likeness (QED) is 0.833. The normalized spacial score (nSPS) is 11.1. The minimum Gasteiger partial charge on any atom is -0.481 e. The number of rotatable bonds is 4. The molecule has 0 aliphatic heterocycles. The Hall–Kier alpha value is -1.72. The second-order valence-corrected chi connectivity index (χ2v) is 2.84. The van der Waals surface area contributed by atoms with Gasteiger partial charge in [-0.05, 0) is 12.1 Å². The maximum Gasteiger partial charge on any atom is 0.309 e. The third-order valence-electron chi connectivity index (χ3n) is 1.73. The van der Waals surface area contributed by atoms with Crippen LogP contribution < -0.4 is 4.74 Å². The molecule has 0 saturated carbocycles. The van der Waals surface area contributed by atoms with E-state index in [0.29, 0.717) is 0 Å². The third-order valence-corrected chi connectivity index (χ3v) is 1.73. The fourth-order valence-corrected chi connectivity index (χ4v) is 1.12. The third kappa shape index (κ3) is 2.61. The zero-order valence-corrected chi connectivity index (χ0v) is 7.91. The number of aliphatic carboxylic acids is 1. The number of carboxylic acid groups (broad SMARTS) is 1. The lowest BCUT2D eigenvalue weighted by Gasteiger charge is -2.16. The van der Waals surface area contributed by atoms with Crippen LogP contribution >= 0.6 is 0 Å². The van der Waals surface area contributed by atoms with Crippen LogP contribution in [0.1, 0.15) is 12.0 Å². The molecule has 4 nitrogen and oxygen atoms in total. The number of methoxy groups -OCH3 is 1. The van der Waals surface area contributed by atoms with Gasteiger partial charge in [-0.2, -0.15) is 0 Å². The lowest BCUT2D eigenvalue weighted by atomic mass is 10.1. The monoisotopic (exact) mass is 217 g/mol. The average molecular weight is 217 g/mol. The van der Waals surface area contributed by atoms with E-state index in [0.717, 1.165) is 6.07 Å². The number of carbonyl (C=O) groups is 1. The van der Waals surface area contributed by atoms with Crippen LogP contribution in [0.25, 0.3) is 0 Å². The van der Waals surface area contributed by atoms with Crippen LogP contribution in [0.2, 0.25) is 0 Å². The lowest BCUT2D eigenvalue weighted by molar-refractivity contribution is -0.145. The zero-order valence-electron chi connectivity index (χ0n) is 7.91. The predicted octanol–water partition coefficient (Wildman–Crippen LogP) is 1.66. The first kappa shape index (κ1) is 11.4. The number of halogens is 2. The number of carboxylic acids is 1. The summed E-state index contributed by atoms with van der Waals surface area (Å²) in [4.78, 5) is 13.8. The summed E-state index contributed by atoms with van der Waals surface area (Å²) >= 11 is 0. The highest BCUT2D eigenvalue weighted by Crippen LogP contribution is 2.36. The molecule has 82 valence electrons. The Bertz CT molecular complexity index is 368. The van der Waals surface area contributed by atoms with Gasteiger partial charge < -0.3 is 9.84 Å². The number of nitrogens with zero attached hydrogens (tertiary/aromatic N) is 1. The minimum absolute atomic E-state index is 0.260. The van der Waals surface area contributed by atoms with E-state index in [1.165, 1.54) is 19.4 Å². The van der Waals surface area contributed by atoms with Crippen molar-refractivity contribution in [3.8, 4) is 5.88 Å². The summed E-state index contributed by atoms with van der Waals surface area (Å²) in [5.74, 6) is -5.32. The Kier molecular flexibility index (Phi) is 3.18. The first-order chi connectivity index (χ1) is 6.97. The van der Waals surface area contributed by atoms with Crippen molar-refractivity contribution in [2.45, 2.75) is 12.3 Å². The highest BCUT2D eigenvalue weighted by Gasteiger charge is 2.37. The Balaban J connectivity index is 3.07. The molecule has 1 rings (SSSR count). The van der Waals surface area contributed by atoms with Crippen LogP contribution in [-0.4, -0.2) is 23.2 Å². The highest BCUT2D eigenvalue weighted by atomic mass is 19.3. The fraction of sp³-hybridized carbons (Fsp3) is 0.333. The molecule has 0 fully saturated rings. The molecule has 1 aromatic heterocycles. The molecule has 0 radical (unpaired) electrons. The molecule has 0 aliphatic rings. The molecule has 0 atom stereocenters. The number of hydrogen-bond acceptors (Lipinski definition) is 3. The molecule has 1 aromatic rings. The molecule has 0 spiro atoms. The number of aromatic nitrogens is 1. The van der Waals surface area contributed by atoms with Crippen molar-refractivity contribution >= 4 is 5.97 Å². The summed E-state index contributed by atoms with van der Waals surface area (Å²) in [6.07, 6.45) is 0.00817. The van der Waals surface area contributed by atoms with Crippen molar-refractivity contribution < 1.29 is 23.4 Å².